The molecule has 0 saturated carbocycles. The van der Waals surface area contributed by atoms with E-state index in [-0.39, 0.29) is 23.3 Å². The molecule has 17 heavy (non-hydrogen) atoms. The minimum Gasteiger partial charge on any atom is -0.496 e. The van der Waals surface area contributed by atoms with Gasteiger partial charge in [0.1, 0.15) is 17.1 Å². The van der Waals surface area contributed by atoms with Gasteiger partial charge in [-0.05, 0) is 18.6 Å². The summed E-state index contributed by atoms with van der Waals surface area (Å²) in [4.78, 5) is 13.7. The second kappa shape index (κ2) is 4.71. The van der Waals surface area contributed by atoms with E-state index in [9.17, 15) is 9.18 Å². The highest BCUT2D eigenvalue weighted by atomic mass is 19.1. The number of rotatable bonds is 2. The standard InChI is InChI=1S/C12H15FN2O2/c1-17-10-4-2-3-9(13)11(10)12(16)15-6-5-8(14)7-15/h2-4,8H,5-7,14H2,1H3/t8-/m0/s1. The highest BCUT2D eigenvalue weighted by molar-refractivity contribution is 5.97. The van der Waals surface area contributed by atoms with Crippen LogP contribution in [-0.4, -0.2) is 37.0 Å². The van der Waals surface area contributed by atoms with Gasteiger partial charge in [-0.25, -0.2) is 4.39 Å². The van der Waals surface area contributed by atoms with Crippen molar-refractivity contribution in [2.75, 3.05) is 20.2 Å². The quantitative estimate of drug-likeness (QED) is 0.836. The van der Waals surface area contributed by atoms with Gasteiger partial charge in [0, 0.05) is 19.1 Å². The number of nitrogens with two attached hydrogens (primary N) is 1. The van der Waals surface area contributed by atoms with Gasteiger partial charge in [0.25, 0.3) is 5.91 Å². The average molecular weight is 238 g/mol. The van der Waals surface area contributed by atoms with Crippen LogP contribution in [0.1, 0.15) is 16.8 Å². The maximum atomic E-state index is 13.7. The molecule has 1 saturated heterocycles. The van der Waals surface area contributed by atoms with Gasteiger partial charge in [-0.1, -0.05) is 6.07 Å². The van der Waals surface area contributed by atoms with Crippen LogP contribution in [0.15, 0.2) is 18.2 Å². The predicted molar refractivity (Wildman–Crippen MR) is 61.4 cm³/mol. The van der Waals surface area contributed by atoms with Crippen LogP contribution in [0.5, 0.6) is 5.75 Å². The number of carbonyl (C=O) groups is 1. The summed E-state index contributed by atoms with van der Waals surface area (Å²) in [5.41, 5.74) is 5.72. The Morgan fingerprint density at radius 1 is 1.59 bits per heavy atom. The molecular formula is C12H15FN2O2. The first-order valence-electron chi connectivity index (χ1n) is 5.51. The Kier molecular flexibility index (Phi) is 3.28. The number of amides is 1. The lowest BCUT2D eigenvalue weighted by Crippen LogP contribution is -2.32. The van der Waals surface area contributed by atoms with Crippen molar-refractivity contribution in [3.8, 4) is 5.75 Å². The third-order valence-corrected chi connectivity index (χ3v) is 2.92. The fourth-order valence-corrected chi connectivity index (χ4v) is 2.01. The van der Waals surface area contributed by atoms with E-state index in [4.69, 9.17) is 10.5 Å². The molecule has 0 aliphatic carbocycles. The molecule has 4 nitrogen and oxygen atoms in total. The fraction of sp³-hybridized carbons (Fsp3) is 0.417. The van der Waals surface area contributed by atoms with Crippen molar-refractivity contribution in [2.24, 2.45) is 5.73 Å². The van der Waals surface area contributed by atoms with Crippen molar-refractivity contribution in [3.05, 3.63) is 29.6 Å². The zero-order valence-electron chi connectivity index (χ0n) is 9.65. The molecular weight excluding hydrogens is 223 g/mol. The molecule has 0 unspecified atom stereocenters. The van der Waals surface area contributed by atoms with E-state index in [1.807, 2.05) is 0 Å². The van der Waals surface area contributed by atoms with Gasteiger partial charge < -0.3 is 15.4 Å². The Bertz CT molecular complexity index is 437. The van der Waals surface area contributed by atoms with Crippen molar-refractivity contribution in [2.45, 2.75) is 12.5 Å². The minimum absolute atomic E-state index is 0.0101. The summed E-state index contributed by atoms with van der Waals surface area (Å²) in [6.07, 6.45) is 0.752. The normalized spacial score (nSPS) is 19.5. The number of benzene rings is 1. The lowest BCUT2D eigenvalue weighted by atomic mass is 10.1. The molecule has 0 aromatic heterocycles. The number of hydrogen-bond acceptors (Lipinski definition) is 3. The van der Waals surface area contributed by atoms with Gasteiger partial charge in [-0.2, -0.15) is 0 Å². The molecule has 92 valence electrons. The third-order valence-electron chi connectivity index (χ3n) is 2.92. The van der Waals surface area contributed by atoms with Crippen LogP contribution in [0.2, 0.25) is 0 Å². The van der Waals surface area contributed by atoms with E-state index < -0.39 is 5.82 Å². The maximum Gasteiger partial charge on any atom is 0.260 e. The summed E-state index contributed by atoms with van der Waals surface area (Å²) in [6, 6.07) is 4.33. The second-order valence-corrected chi connectivity index (χ2v) is 4.12. The summed E-state index contributed by atoms with van der Waals surface area (Å²) in [6.45, 7) is 1.04. The molecule has 2 N–H and O–H groups in total. The van der Waals surface area contributed by atoms with Crippen LogP contribution in [-0.2, 0) is 0 Å². The van der Waals surface area contributed by atoms with Crippen LogP contribution >= 0.6 is 0 Å². The predicted octanol–water partition coefficient (Wildman–Crippen LogP) is 1.01. The van der Waals surface area contributed by atoms with Crippen LogP contribution in [0.4, 0.5) is 4.39 Å². The minimum atomic E-state index is -0.560. The Hall–Kier alpha value is -1.62. The molecule has 1 atom stereocenters. The molecule has 2 rings (SSSR count). The maximum absolute atomic E-state index is 13.7. The van der Waals surface area contributed by atoms with Gasteiger partial charge >= 0.3 is 0 Å². The fourth-order valence-electron chi connectivity index (χ4n) is 2.01. The van der Waals surface area contributed by atoms with E-state index in [2.05, 4.69) is 0 Å². The second-order valence-electron chi connectivity index (χ2n) is 4.12. The van der Waals surface area contributed by atoms with Gasteiger partial charge in [-0.15, -0.1) is 0 Å². The lowest BCUT2D eigenvalue weighted by molar-refractivity contribution is 0.0782. The molecule has 1 aromatic carbocycles. The van der Waals surface area contributed by atoms with Crippen LogP contribution in [0, 0.1) is 5.82 Å². The van der Waals surface area contributed by atoms with Crippen molar-refractivity contribution < 1.29 is 13.9 Å². The van der Waals surface area contributed by atoms with Crippen molar-refractivity contribution >= 4 is 5.91 Å². The molecule has 5 heteroatoms. The Balaban J connectivity index is 2.30. The number of hydrogen-bond donors (Lipinski definition) is 1. The lowest BCUT2D eigenvalue weighted by Gasteiger charge is -2.17. The smallest absolute Gasteiger partial charge is 0.260 e. The summed E-state index contributed by atoms with van der Waals surface area (Å²) >= 11 is 0. The zero-order chi connectivity index (χ0) is 12.4. The molecule has 1 aliphatic heterocycles. The first-order chi connectivity index (χ1) is 8.13. The molecule has 1 aliphatic rings. The van der Waals surface area contributed by atoms with E-state index in [1.54, 1.807) is 11.0 Å². The highest BCUT2D eigenvalue weighted by Crippen LogP contribution is 2.24. The van der Waals surface area contributed by atoms with Gasteiger partial charge in [-0.3, -0.25) is 4.79 Å². The van der Waals surface area contributed by atoms with Crippen LogP contribution in [0.25, 0.3) is 0 Å². The molecule has 1 amide bonds. The molecule has 1 fully saturated rings. The summed E-state index contributed by atoms with van der Waals surface area (Å²) < 4.78 is 18.7. The molecule has 0 bridgehead atoms. The van der Waals surface area contributed by atoms with E-state index >= 15 is 0 Å². The summed E-state index contributed by atoms with van der Waals surface area (Å²) in [7, 11) is 1.42. The molecule has 1 aromatic rings. The highest BCUT2D eigenvalue weighted by Gasteiger charge is 2.28. The Morgan fingerprint density at radius 3 is 2.94 bits per heavy atom. The van der Waals surface area contributed by atoms with Crippen LogP contribution < -0.4 is 10.5 Å². The number of ether oxygens (including phenoxy) is 1. The number of likely N-dealkylation sites (tertiary alicyclic amines) is 1. The topological polar surface area (TPSA) is 55.6 Å². The molecule has 1 heterocycles. The summed E-state index contributed by atoms with van der Waals surface area (Å²) in [5.74, 6) is -0.654. The average Bonchev–Trinajstić information content (AvgIpc) is 2.74. The first kappa shape index (κ1) is 11.9. The molecule has 0 spiro atoms. The van der Waals surface area contributed by atoms with Gasteiger partial charge in [0.2, 0.25) is 0 Å². The van der Waals surface area contributed by atoms with Crippen LogP contribution in [0.3, 0.4) is 0 Å². The number of methoxy groups -OCH3 is 1. The Labute approximate surface area is 99.2 Å². The third kappa shape index (κ3) is 2.24. The van der Waals surface area contributed by atoms with Crippen molar-refractivity contribution in [3.63, 3.8) is 0 Å². The van der Waals surface area contributed by atoms with Crippen molar-refractivity contribution in [1.82, 2.24) is 4.90 Å². The number of halogens is 1. The number of nitrogens with zero attached hydrogens (tertiary/aromatic N) is 1. The first-order valence-corrected chi connectivity index (χ1v) is 5.51. The monoisotopic (exact) mass is 238 g/mol. The molecule has 0 radical (unpaired) electrons. The van der Waals surface area contributed by atoms with Gasteiger partial charge in [0.15, 0.2) is 0 Å². The van der Waals surface area contributed by atoms with E-state index in [0.717, 1.165) is 6.42 Å². The van der Waals surface area contributed by atoms with E-state index in [1.165, 1.54) is 19.2 Å². The van der Waals surface area contributed by atoms with E-state index in [0.29, 0.717) is 13.1 Å². The Morgan fingerprint density at radius 2 is 2.35 bits per heavy atom. The summed E-state index contributed by atoms with van der Waals surface area (Å²) in [5, 5.41) is 0. The largest absolute Gasteiger partial charge is 0.496 e. The van der Waals surface area contributed by atoms with Crippen molar-refractivity contribution in [1.29, 1.82) is 0 Å². The van der Waals surface area contributed by atoms with Gasteiger partial charge in [0.05, 0.1) is 7.11 Å². The number of carbonyl (C=O) groups excluding carboxylic acids is 1. The zero-order valence-corrected chi connectivity index (χ0v) is 9.65. The SMILES string of the molecule is COc1cccc(F)c1C(=O)N1CC[C@H](N)C1.